The molecule has 0 saturated carbocycles. The summed E-state index contributed by atoms with van der Waals surface area (Å²) in [6, 6.07) is 0. The highest BCUT2D eigenvalue weighted by Crippen LogP contribution is 2.13. The van der Waals surface area contributed by atoms with Crippen molar-refractivity contribution in [3.05, 3.63) is 60.4 Å². The fourth-order valence-corrected chi connectivity index (χ4v) is 1.59. The molecule has 0 atom stereocenters. The Morgan fingerprint density at radius 2 is 2.00 bits per heavy atom. The van der Waals surface area contributed by atoms with E-state index in [-0.39, 0.29) is 0 Å². The highest BCUT2D eigenvalue weighted by Gasteiger charge is 1.95. The predicted octanol–water partition coefficient (Wildman–Crippen LogP) is 3.42. The first-order valence-corrected chi connectivity index (χ1v) is 6.47. The van der Waals surface area contributed by atoms with Gasteiger partial charge in [0, 0.05) is 19.6 Å². The molecule has 0 amide bonds. The van der Waals surface area contributed by atoms with Gasteiger partial charge in [0.1, 0.15) is 0 Å². The quantitative estimate of drug-likeness (QED) is 0.665. The highest BCUT2D eigenvalue weighted by molar-refractivity contribution is 5.46. The fourth-order valence-electron chi connectivity index (χ4n) is 1.59. The molecule has 100 valence electrons. The number of nitrogens with two attached hydrogens (primary N) is 1. The van der Waals surface area contributed by atoms with E-state index in [1.54, 1.807) is 0 Å². The van der Waals surface area contributed by atoms with E-state index < -0.39 is 0 Å². The van der Waals surface area contributed by atoms with Crippen LogP contribution in [0.15, 0.2) is 60.4 Å². The van der Waals surface area contributed by atoms with E-state index in [0.29, 0.717) is 6.54 Å². The van der Waals surface area contributed by atoms with E-state index in [1.165, 1.54) is 5.57 Å². The first kappa shape index (κ1) is 16.5. The molecule has 0 aromatic rings. The van der Waals surface area contributed by atoms with Gasteiger partial charge in [-0.15, -0.1) is 0 Å². The zero-order valence-electron chi connectivity index (χ0n) is 11.9. The van der Waals surface area contributed by atoms with Crippen LogP contribution >= 0.6 is 0 Å². The van der Waals surface area contributed by atoms with E-state index in [4.69, 9.17) is 5.73 Å². The number of hydrogen-bond acceptors (Lipinski definition) is 2. The Labute approximate surface area is 112 Å². The number of rotatable bonds is 8. The average molecular weight is 246 g/mol. The molecule has 0 radical (unpaired) electrons. The second-order valence-corrected chi connectivity index (χ2v) is 3.83. The van der Waals surface area contributed by atoms with E-state index in [0.717, 1.165) is 18.7 Å². The van der Waals surface area contributed by atoms with Gasteiger partial charge < -0.3 is 10.6 Å². The third-order valence-corrected chi connectivity index (χ3v) is 2.61. The van der Waals surface area contributed by atoms with Crippen molar-refractivity contribution in [3.63, 3.8) is 0 Å². The minimum Gasteiger partial charge on any atom is -0.376 e. The molecule has 0 aliphatic rings. The Hall–Kier alpha value is -1.54. The van der Waals surface area contributed by atoms with Crippen molar-refractivity contribution >= 4 is 0 Å². The lowest BCUT2D eigenvalue weighted by molar-refractivity contribution is 0.406. The van der Waals surface area contributed by atoms with Crippen molar-refractivity contribution in [1.29, 1.82) is 0 Å². The maximum Gasteiger partial charge on any atom is 0.0295 e. The largest absolute Gasteiger partial charge is 0.376 e. The van der Waals surface area contributed by atoms with Gasteiger partial charge in [0.15, 0.2) is 0 Å². The summed E-state index contributed by atoms with van der Waals surface area (Å²) in [5.74, 6) is 0. The summed E-state index contributed by atoms with van der Waals surface area (Å²) >= 11 is 0. The summed E-state index contributed by atoms with van der Waals surface area (Å²) in [6.07, 6.45) is 14.3. The van der Waals surface area contributed by atoms with Gasteiger partial charge in [-0.05, 0) is 44.2 Å². The van der Waals surface area contributed by atoms with Crippen LogP contribution in [0, 0.1) is 0 Å². The first-order chi connectivity index (χ1) is 8.73. The number of likely N-dealkylation sites (N-methyl/N-ethyl adjacent to an activating group) is 1. The molecule has 2 N–H and O–H groups in total. The molecule has 0 bridgehead atoms. The summed E-state index contributed by atoms with van der Waals surface area (Å²) in [5.41, 5.74) is 7.85. The molecule has 0 aromatic heterocycles. The molecule has 0 rings (SSSR count). The van der Waals surface area contributed by atoms with Crippen LogP contribution in [0.4, 0.5) is 0 Å². The molecule has 0 spiro atoms. The standard InChI is InChI=1S/C16H26N2/c1-5-10-15(6-2)16(7-3)11-9-13-18(8-4)14-12-17/h5-7,9-11,13H,3,8,12,14,17H2,1-2,4H3/b10-5-,13-9+,15-6+,16-11+. The van der Waals surface area contributed by atoms with Crippen molar-refractivity contribution in [1.82, 2.24) is 4.90 Å². The maximum absolute atomic E-state index is 5.55. The van der Waals surface area contributed by atoms with Crippen LogP contribution in [0.25, 0.3) is 0 Å². The minimum atomic E-state index is 0.675. The molecule has 2 nitrogen and oxygen atoms in total. The molecule has 2 heteroatoms. The van der Waals surface area contributed by atoms with Crippen LogP contribution in [0.5, 0.6) is 0 Å². The van der Waals surface area contributed by atoms with Gasteiger partial charge in [0.25, 0.3) is 0 Å². The smallest absolute Gasteiger partial charge is 0.0295 e. The van der Waals surface area contributed by atoms with Crippen molar-refractivity contribution < 1.29 is 0 Å². The minimum absolute atomic E-state index is 0.675. The Morgan fingerprint density at radius 1 is 1.28 bits per heavy atom. The topological polar surface area (TPSA) is 29.3 Å². The van der Waals surface area contributed by atoms with Crippen LogP contribution in [0.2, 0.25) is 0 Å². The lowest BCUT2D eigenvalue weighted by Gasteiger charge is -2.16. The second kappa shape index (κ2) is 10.6. The van der Waals surface area contributed by atoms with Crippen molar-refractivity contribution in [2.24, 2.45) is 5.73 Å². The van der Waals surface area contributed by atoms with Crippen LogP contribution in [-0.4, -0.2) is 24.5 Å². The van der Waals surface area contributed by atoms with Crippen molar-refractivity contribution in [2.75, 3.05) is 19.6 Å². The van der Waals surface area contributed by atoms with E-state index in [2.05, 4.69) is 42.8 Å². The summed E-state index contributed by atoms with van der Waals surface area (Å²) in [4.78, 5) is 2.18. The Balaban J connectivity index is 4.80. The van der Waals surface area contributed by atoms with Gasteiger partial charge >= 0.3 is 0 Å². The summed E-state index contributed by atoms with van der Waals surface area (Å²) in [7, 11) is 0. The zero-order chi connectivity index (χ0) is 13.8. The second-order valence-electron chi connectivity index (χ2n) is 3.83. The molecule has 0 heterocycles. The summed E-state index contributed by atoms with van der Waals surface area (Å²) in [5, 5.41) is 0. The van der Waals surface area contributed by atoms with Crippen LogP contribution in [-0.2, 0) is 0 Å². The first-order valence-electron chi connectivity index (χ1n) is 6.47. The monoisotopic (exact) mass is 246 g/mol. The normalized spacial score (nSPS) is 13.6. The van der Waals surface area contributed by atoms with Gasteiger partial charge in [0.05, 0.1) is 0 Å². The summed E-state index contributed by atoms with van der Waals surface area (Å²) < 4.78 is 0. The third kappa shape index (κ3) is 6.26. The molecule has 18 heavy (non-hydrogen) atoms. The zero-order valence-corrected chi connectivity index (χ0v) is 11.9. The Bertz CT molecular complexity index is 346. The van der Waals surface area contributed by atoms with Crippen LogP contribution in [0.1, 0.15) is 20.8 Å². The van der Waals surface area contributed by atoms with Gasteiger partial charge in [-0.1, -0.05) is 37.0 Å². The van der Waals surface area contributed by atoms with Crippen molar-refractivity contribution in [2.45, 2.75) is 20.8 Å². The molecule has 0 unspecified atom stereocenters. The molecule has 0 aliphatic heterocycles. The SMILES string of the molecule is C=CC(=C\C=C\N(CC)CCN)/C(/C=C\C)=C/C. The molecular weight excluding hydrogens is 220 g/mol. The number of allylic oxidation sites excluding steroid dienone is 8. The maximum atomic E-state index is 5.55. The van der Waals surface area contributed by atoms with Gasteiger partial charge in [-0.3, -0.25) is 0 Å². The van der Waals surface area contributed by atoms with Crippen molar-refractivity contribution in [3.8, 4) is 0 Å². The highest BCUT2D eigenvalue weighted by atomic mass is 15.1. The predicted molar refractivity (Wildman–Crippen MR) is 82.3 cm³/mol. The van der Waals surface area contributed by atoms with Crippen LogP contribution < -0.4 is 5.73 Å². The number of hydrogen-bond donors (Lipinski definition) is 1. The van der Waals surface area contributed by atoms with E-state index in [9.17, 15) is 0 Å². The fraction of sp³-hybridized carbons (Fsp3) is 0.375. The van der Waals surface area contributed by atoms with Gasteiger partial charge in [-0.2, -0.15) is 0 Å². The van der Waals surface area contributed by atoms with Gasteiger partial charge in [0.2, 0.25) is 0 Å². The average Bonchev–Trinajstić information content (AvgIpc) is 2.40. The summed E-state index contributed by atoms with van der Waals surface area (Å²) in [6.45, 7) is 12.5. The molecule has 0 fully saturated rings. The Morgan fingerprint density at radius 3 is 2.44 bits per heavy atom. The van der Waals surface area contributed by atoms with E-state index >= 15 is 0 Å². The Kier molecular flexibility index (Phi) is 9.70. The molecule has 0 aliphatic carbocycles. The van der Waals surface area contributed by atoms with Crippen LogP contribution in [0.3, 0.4) is 0 Å². The molecular formula is C16H26N2. The lowest BCUT2D eigenvalue weighted by Crippen LogP contribution is -2.24. The molecule has 0 aromatic carbocycles. The number of nitrogens with zero attached hydrogens (tertiary/aromatic N) is 1. The molecule has 0 saturated heterocycles. The lowest BCUT2D eigenvalue weighted by atomic mass is 10.1. The van der Waals surface area contributed by atoms with E-state index in [1.807, 2.05) is 32.1 Å². The third-order valence-electron chi connectivity index (χ3n) is 2.61. The van der Waals surface area contributed by atoms with Gasteiger partial charge in [-0.25, -0.2) is 0 Å².